The average Bonchev–Trinajstić information content (AvgIpc) is 2.88. The fourth-order valence-electron chi connectivity index (χ4n) is 3.65. The predicted molar refractivity (Wildman–Crippen MR) is 126 cm³/mol. The van der Waals surface area contributed by atoms with Gasteiger partial charge in [0.15, 0.2) is 23.4 Å². The lowest BCUT2D eigenvalue weighted by Crippen LogP contribution is -2.48. The molecule has 2 aliphatic rings. The van der Waals surface area contributed by atoms with E-state index in [0.717, 1.165) is 0 Å². The molecule has 35 heavy (non-hydrogen) atoms. The van der Waals surface area contributed by atoms with Crippen LogP contribution in [-0.4, -0.2) is 75.5 Å². The lowest BCUT2D eigenvalue weighted by molar-refractivity contribution is -0.139. The highest BCUT2D eigenvalue weighted by atomic mass is 16.6. The van der Waals surface area contributed by atoms with Gasteiger partial charge in [-0.3, -0.25) is 9.59 Å². The average molecular weight is 484 g/mol. The Morgan fingerprint density at radius 3 is 2.09 bits per heavy atom. The number of fused-ring (bicyclic) bond motifs is 1. The van der Waals surface area contributed by atoms with Crippen molar-refractivity contribution in [1.29, 1.82) is 0 Å². The van der Waals surface area contributed by atoms with E-state index in [4.69, 9.17) is 23.7 Å². The summed E-state index contributed by atoms with van der Waals surface area (Å²) in [6.45, 7) is 4.60. The number of carbonyl (C=O) groups is 2. The summed E-state index contributed by atoms with van der Waals surface area (Å²) in [7, 11) is 0. The number of carbonyl (C=O) groups excluding carboxylic acids is 2. The van der Waals surface area contributed by atoms with E-state index in [1.165, 1.54) is 11.9 Å². The molecule has 0 fully saturated rings. The zero-order chi connectivity index (χ0) is 24.5. The van der Waals surface area contributed by atoms with Crippen molar-refractivity contribution in [2.24, 2.45) is 5.10 Å². The Labute approximate surface area is 203 Å². The predicted octanol–water partition coefficient (Wildman–Crippen LogP) is 1.89. The summed E-state index contributed by atoms with van der Waals surface area (Å²) in [6, 6.07) is 13.3. The Bertz CT molecular complexity index is 1040. The molecule has 2 aliphatic heterocycles. The summed E-state index contributed by atoms with van der Waals surface area (Å²) in [4.78, 5) is 25.6. The quantitative estimate of drug-likeness (QED) is 0.695. The van der Waals surface area contributed by atoms with E-state index in [-0.39, 0.29) is 18.4 Å². The molecule has 0 saturated heterocycles. The smallest absolute Gasteiger partial charge is 0.255 e. The molecule has 1 unspecified atom stereocenters. The number of ether oxygens (including phenoxy) is 5. The van der Waals surface area contributed by atoms with Crippen LogP contribution in [0.25, 0.3) is 0 Å². The number of benzene rings is 2. The maximum atomic E-state index is 13.2. The van der Waals surface area contributed by atoms with Crippen LogP contribution >= 0.6 is 0 Å². The molecule has 10 nitrogen and oxygen atoms in total. The van der Waals surface area contributed by atoms with Gasteiger partial charge in [-0.1, -0.05) is 36.4 Å². The minimum atomic E-state index is -0.956. The first-order valence-electron chi connectivity index (χ1n) is 11.5. The van der Waals surface area contributed by atoms with Crippen molar-refractivity contribution in [3.8, 4) is 11.5 Å². The van der Waals surface area contributed by atoms with E-state index in [1.807, 2.05) is 30.3 Å². The summed E-state index contributed by atoms with van der Waals surface area (Å²) in [6.07, 6.45) is 0. The molecule has 186 valence electrons. The Balaban J connectivity index is 1.58. The van der Waals surface area contributed by atoms with Crippen LogP contribution in [0.15, 0.2) is 53.6 Å². The Kier molecular flexibility index (Phi) is 8.66. The number of hydrogen-bond donors (Lipinski definition) is 1. The topological polar surface area (TPSA) is 108 Å². The van der Waals surface area contributed by atoms with Crippen LogP contribution in [0.3, 0.4) is 0 Å². The van der Waals surface area contributed by atoms with Gasteiger partial charge in [0, 0.05) is 12.5 Å². The van der Waals surface area contributed by atoms with Crippen molar-refractivity contribution in [2.45, 2.75) is 13.0 Å². The SMILES string of the molecule is CC(=O)N1N=C(c2ccccc2)NC(=O)C1c1ccc2c(c1)OCCOCCOCCOCCO2. The Morgan fingerprint density at radius 2 is 1.46 bits per heavy atom. The molecule has 10 heteroatoms. The number of amides is 2. The normalized spacial score (nSPS) is 20.1. The molecule has 0 spiro atoms. The van der Waals surface area contributed by atoms with Gasteiger partial charge < -0.3 is 29.0 Å². The maximum Gasteiger partial charge on any atom is 0.255 e. The molecule has 0 aliphatic carbocycles. The Hall–Kier alpha value is -3.47. The summed E-state index contributed by atoms with van der Waals surface area (Å²) in [5, 5.41) is 8.44. The molecule has 2 amide bonds. The molecule has 1 atom stereocenters. The molecule has 0 aromatic heterocycles. The van der Waals surface area contributed by atoms with Gasteiger partial charge in [0.05, 0.1) is 39.6 Å². The first-order chi connectivity index (χ1) is 17.1. The zero-order valence-corrected chi connectivity index (χ0v) is 19.6. The number of amidine groups is 1. The standard InChI is InChI=1S/C25H29N3O7/c1-18(29)28-23(25(30)26-24(27-28)19-5-3-2-4-6-19)20-7-8-21-22(17-20)35-16-14-33-12-10-31-9-11-32-13-15-34-21/h2-8,17,23H,9-16H2,1H3,(H,26,27,30). The highest BCUT2D eigenvalue weighted by molar-refractivity contribution is 6.11. The van der Waals surface area contributed by atoms with Gasteiger partial charge in [-0.05, 0) is 17.7 Å². The number of hydrazone groups is 1. The van der Waals surface area contributed by atoms with E-state index in [0.29, 0.717) is 74.7 Å². The minimum Gasteiger partial charge on any atom is -0.487 e. The molecular weight excluding hydrogens is 454 g/mol. The van der Waals surface area contributed by atoms with Crippen molar-refractivity contribution in [1.82, 2.24) is 10.3 Å². The second kappa shape index (κ2) is 12.3. The van der Waals surface area contributed by atoms with Gasteiger partial charge in [0.1, 0.15) is 13.2 Å². The highest BCUT2D eigenvalue weighted by Crippen LogP contribution is 2.34. The second-order valence-corrected chi connectivity index (χ2v) is 7.81. The molecule has 0 radical (unpaired) electrons. The summed E-state index contributed by atoms with van der Waals surface area (Å²) in [5.74, 6) is 0.522. The minimum absolute atomic E-state index is 0.278. The summed E-state index contributed by atoms with van der Waals surface area (Å²) in [5.41, 5.74) is 1.24. The van der Waals surface area contributed by atoms with Gasteiger partial charge in [0.25, 0.3) is 5.91 Å². The van der Waals surface area contributed by atoms with Crippen molar-refractivity contribution in [3.63, 3.8) is 0 Å². The van der Waals surface area contributed by atoms with E-state index < -0.39 is 6.04 Å². The maximum absolute atomic E-state index is 13.2. The summed E-state index contributed by atoms with van der Waals surface area (Å²) < 4.78 is 28.2. The number of hydrogen-bond acceptors (Lipinski definition) is 8. The molecular formula is C25H29N3O7. The van der Waals surface area contributed by atoms with E-state index in [9.17, 15) is 9.59 Å². The monoisotopic (exact) mass is 483 g/mol. The third-order valence-electron chi connectivity index (χ3n) is 5.31. The zero-order valence-electron chi connectivity index (χ0n) is 19.6. The first-order valence-corrected chi connectivity index (χ1v) is 11.5. The molecule has 4 rings (SSSR count). The number of rotatable bonds is 2. The van der Waals surface area contributed by atoms with Gasteiger partial charge in [-0.2, -0.15) is 5.10 Å². The van der Waals surface area contributed by atoms with Crippen LogP contribution in [0.1, 0.15) is 24.1 Å². The third-order valence-corrected chi connectivity index (χ3v) is 5.31. The highest BCUT2D eigenvalue weighted by Gasteiger charge is 2.35. The third kappa shape index (κ3) is 6.56. The van der Waals surface area contributed by atoms with Gasteiger partial charge in [0.2, 0.25) is 5.91 Å². The lowest BCUT2D eigenvalue weighted by Gasteiger charge is -2.31. The Morgan fingerprint density at radius 1 is 0.857 bits per heavy atom. The summed E-state index contributed by atoms with van der Waals surface area (Å²) >= 11 is 0. The fourth-order valence-corrected chi connectivity index (χ4v) is 3.65. The van der Waals surface area contributed by atoms with Crippen molar-refractivity contribution in [2.75, 3.05) is 52.9 Å². The van der Waals surface area contributed by atoms with E-state index in [1.54, 1.807) is 18.2 Å². The van der Waals surface area contributed by atoms with Gasteiger partial charge >= 0.3 is 0 Å². The van der Waals surface area contributed by atoms with Crippen LogP contribution in [0.4, 0.5) is 0 Å². The van der Waals surface area contributed by atoms with E-state index >= 15 is 0 Å². The molecule has 0 bridgehead atoms. The van der Waals surface area contributed by atoms with Crippen molar-refractivity contribution in [3.05, 3.63) is 59.7 Å². The molecule has 2 aromatic carbocycles. The number of nitrogens with zero attached hydrogens (tertiary/aromatic N) is 2. The molecule has 2 aromatic rings. The van der Waals surface area contributed by atoms with Crippen LogP contribution in [-0.2, 0) is 23.8 Å². The second-order valence-electron chi connectivity index (χ2n) is 7.81. The van der Waals surface area contributed by atoms with Crippen molar-refractivity contribution >= 4 is 17.6 Å². The van der Waals surface area contributed by atoms with Crippen LogP contribution in [0, 0.1) is 0 Å². The van der Waals surface area contributed by atoms with Crippen LogP contribution < -0.4 is 14.8 Å². The van der Waals surface area contributed by atoms with Crippen LogP contribution in [0.2, 0.25) is 0 Å². The van der Waals surface area contributed by atoms with E-state index in [2.05, 4.69) is 10.4 Å². The first kappa shape index (κ1) is 24.6. The van der Waals surface area contributed by atoms with Gasteiger partial charge in [-0.25, -0.2) is 5.01 Å². The van der Waals surface area contributed by atoms with Crippen molar-refractivity contribution < 1.29 is 33.3 Å². The largest absolute Gasteiger partial charge is 0.487 e. The fraction of sp³-hybridized carbons (Fsp3) is 0.400. The van der Waals surface area contributed by atoms with Crippen LogP contribution in [0.5, 0.6) is 11.5 Å². The lowest BCUT2D eigenvalue weighted by atomic mass is 10.0. The molecule has 0 saturated carbocycles. The molecule has 1 N–H and O–H groups in total. The molecule has 2 heterocycles. The van der Waals surface area contributed by atoms with Gasteiger partial charge in [-0.15, -0.1) is 0 Å². The number of nitrogens with one attached hydrogen (secondary N) is 1.